The zero-order valence-electron chi connectivity index (χ0n) is 15.2. The fourth-order valence-corrected chi connectivity index (χ4v) is 4.19. The van der Waals surface area contributed by atoms with E-state index in [1.54, 1.807) is 18.4 Å². The van der Waals surface area contributed by atoms with Gasteiger partial charge in [-0.3, -0.25) is 4.99 Å². The van der Waals surface area contributed by atoms with Gasteiger partial charge < -0.3 is 15.0 Å². The first-order chi connectivity index (χ1) is 12.2. The topological polar surface area (TPSA) is 49.8 Å². The normalized spacial score (nSPS) is 18.0. The highest BCUT2D eigenvalue weighted by Crippen LogP contribution is 2.27. The molecule has 0 saturated carbocycles. The zero-order valence-corrected chi connectivity index (χ0v) is 16.0. The number of hydrogen-bond acceptors (Lipinski definition) is 4. The van der Waals surface area contributed by atoms with Crippen LogP contribution in [-0.4, -0.2) is 49.7 Å². The number of methoxy groups -OCH3 is 1. The summed E-state index contributed by atoms with van der Waals surface area (Å²) in [6.45, 7) is 5.69. The van der Waals surface area contributed by atoms with E-state index in [1.165, 1.54) is 10.4 Å². The van der Waals surface area contributed by atoms with Crippen LogP contribution in [0.3, 0.4) is 0 Å². The standard InChI is InChI=1S/C19H26N4OS/c1-14-17(25-18(22-14)16-7-5-4-6-8-16)11-21-19(20-2)23-10-9-15(12-23)13-24-3/h4-8,15H,9-13H2,1-3H3,(H,20,21). The van der Waals surface area contributed by atoms with Crippen molar-refractivity contribution in [3.63, 3.8) is 0 Å². The van der Waals surface area contributed by atoms with Gasteiger partial charge in [0.15, 0.2) is 5.96 Å². The van der Waals surface area contributed by atoms with Crippen molar-refractivity contribution in [2.75, 3.05) is 33.9 Å². The number of nitrogens with one attached hydrogen (secondary N) is 1. The van der Waals surface area contributed by atoms with Crippen molar-refractivity contribution in [1.29, 1.82) is 0 Å². The first-order valence-electron chi connectivity index (χ1n) is 8.67. The summed E-state index contributed by atoms with van der Waals surface area (Å²) in [5.41, 5.74) is 2.26. The minimum atomic E-state index is 0.596. The lowest BCUT2D eigenvalue weighted by Crippen LogP contribution is -2.39. The van der Waals surface area contributed by atoms with E-state index in [1.807, 2.05) is 13.1 Å². The van der Waals surface area contributed by atoms with Gasteiger partial charge in [-0.15, -0.1) is 11.3 Å². The Bertz CT molecular complexity index is 713. The summed E-state index contributed by atoms with van der Waals surface area (Å²) in [6, 6.07) is 10.3. The second-order valence-corrected chi connectivity index (χ2v) is 7.43. The molecule has 1 aliphatic rings. The average molecular weight is 359 g/mol. The van der Waals surface area contributed by atoms with E-state index in [9.17, 15) is 0 Å². The van der Waals surface area contributed by atoms with Crippen LogP contribution in [0.2, 0.25) is 0 Å². The molecular formula is C19H26N4OS. The minimum Gasteiger partial charge on any atom is -0.384 e. The highest BCUT2D eigenvalue weighted by Gasteiger charge is 2.24. The van der Waals surface area contributed by atoms with E-state index < -0.39 is 0 Å². The Kier molecular flexibility index (Phi) is 6.04. The number of ether oxygens (including phenoxy) is 1. The van der Waals surface area contributed by atoms with Crippen LogP contribution in [-0.2, 0) is 11.3 Å². The lowest BCUT2D eigenvalue weighted by Gasteiger charge is -2.21. The predicted octanol–water partition coefficient (Wildman–Crippen LogP) is 3.16. The number of guanidine groups is 1. The van der Waals surface area contributed by atoms with Crippen molar-refractivity contribution in [3.8, 4) is 10.6 Å². The van der Waals surface area contributed by atoms with Crippen LogP contribution in [0.1, 0.15) is 17.0 Å². The third kappa shape index (κ3) is 4.38. The fourth-order valence-electron chi connectivity index (χ4n) is 3.18. The van der Waals surface area contributed by atoms with E-state index >= 15 is 0 Å². The molecule has 0 amide bonds. The molecule has 1 saturated heterocycles. The number of thiazole rings is 1. The van der Waals surface area contributed by atoms with Crippen molar-refractivity contribution >= 4 is 17.3 Å². The maximum absolute atomic E-state index is 5.28. The first kappa shape index (κ1) is 17.9. The van der Waals surface area contributed by atoms with Gasteiger partial charge in [-0.25, -0.2) is 4.98 Å². The van der Waals surface area contributed by atoms with E-state index in [0.717, 1.165) is 49.3 Å². The van der Waals surface area contributed by atoms with Crippen LogP contribution in [0.5, 0.6) is 0 Å². The summed E-state index contributed by atoms with van der Waals surface area (Å²) in [7, 11) is 3.62. The smallest absolute Gasteiger partial charge is 0.193 e. The van der Waals surface area contributed by atoms with Gasteiger partial charge in [0.2, 0.25) is 0 Å². The predicted molar refractivity (Wildman–Crippen MR) is 104 cm³/mol. The van der Waals surface area contributed by atoms with E-state index in [-0.39, 0.29) is 0 Å². The molecule has 1 aliphatic heterocycles. The number of nitrogens with zero attached hydrogens (tertiary/aromatic N) is 3. The molecule has 6 heteroatoms. The minimum absolute atomic E-state index is 0.596. The molecule has 2 heterocycles. The maximum atomic E-state index is 5.28. The molecule has 0 bridgehead atoms. The fraction of sp³-hybridized carbons (Fsp3) is 0.474. The molecule has 0 spiro atoms. The maximum Gasteiger partial charge on any atom is 0.193 e. The Labute approximate surface area is 153 Å². The van der Waals surface area contributed by atoms with Gasteiger partial charge in [-0.1, -0.05) is 30.3 Å². The average Bonchev–Trinajstić information content (AvgIpc) is 3.24. The Balaban J connectivity index is 1.62. The molecule has 1 atom stereocenters. The number of aryl methyl sites for hydroxylation is 1. The largest absolute Gasteiger partial charge is 0.384 e. The number of likely N-dealkylation sites (tertiary alicyclic amines) is 1. The SMILES string of the molecule is CN=C(NCc1sc(-c2ccccc2)nc1C)N1CCC(COC)C1. The van der Waals surface area contributed by atoms with Crippen molar-refractivity contribution in [3.05, 3.63) is 40.9 Å². The molecule has 1 unspecified atom stereocenters. The third-order valence-electron chi connectivity index (χ3n) is 4.52. The molecule has 3 rings (SSSR count). The number of benzene rings is 1. The van der Waals surface area contributed by atoms with Gasteiger partial charge in [0.05, 0.1) is 18.8 Å². The van der Waals surface area contributed by atoms with Crippen LogP contribution >= 0.6 is 11.3 Å². The Morgan fingerprint density at radius 2 is 2.20 bits per heavy atom. The van der Waals surface area contributed by atoms with Crippen LogP contribution < -0.4 is 5.32 Å². The van der Waals surface area contributed by atoms with Crippen LogP contribution in [0.4, 0.5) is 0 Å². The van der Waals surface area contributed by atoms with Crippen molar-refractivity contribution in [1.82, 2.24) is 15.2 Å². The van der Waals surface area contributed by atoms with Gasteiger partial charge in [0.25, 0.3) is 0 Å². The summed E-state index contributed by atoms with van der Waals surface area (Å²) in [6.07, 6.45) is 1.16. The summed E-state index contributed by atoms with van der Waals surface area (Å²) >= 11 is 1.75. The molecule has 1 N–H and O–H groups in total. The molecule has 1 aromatic heterocycles. The summed E-state index contributed by atoms with van der Waals surface area (Å²) in [5.74, 6) is 1.56. The molecule has 5 nitrogen and oxygen atoms in total. The molecule has 134 valence electrons. The molecule has 0 aliphatic carbocycles. The van der Waals surface area contributed by atoms with Gasteiger partial charge in [-0.2, -0.15) is 0 Å². The number of rotatable bonds is 5. The van der Waals surface area contributed by atoms with E-state index in [2.05, 4.69) is 46.4 Å². The van der Waals surface area contributed by atoms with Gasteiger partial charge in [0.1, 0.15) is 5.01 Å². The molecule has 1 fully saturated rings. The third-order valence-corrected chi connectivity index (χ3v) is 5.73. The highest BCUT2D eigenvalue weighted by molar-refractivity contribution is 7.15. The van der Waals surface area contributed by atoms with Gasteiger partial charge >= 0.3 is 0 Å². The van der Waals surface area contributed by atoms with Crippen LogP contribution in [0.15, 0.2) is 35.3 Å². The lowest BCUT2D eigenvalue weighted by molar-refractivity contribution is 0.157. The summed E-state index contributed by atoms with van der Waals surface area (Å²) in [5, 5.41) is 4.58. The Morgan fingerprint density at radius 3 is 2.92 bits per heavy atom. The summed E-state index contributed by atoms with van der Waals surface area (Å²) in [4.78, 5) is 12.8. The van der Waals surface area contributed by atoms with Gasteiger partial charge in [-0.05, 0) is 13.3 Å². The second-order valence-electron chi connectivity index (χ2n) is 6.35. The molecule has 0 radical (unpaired) electrons. The van der Waals surface area contributed by atoms with Crippen molar-refractivity contribution in [2.24, 2.45) is 10.9 Å². The van der Waals surface area contributed by atoms with Crippen LogP contribution in [0.25, 0.3) is 10.6 Å². The molecule has 2 aromatic rings. The Morgan fingerprint density at radius 1 is 1.40 bits per heavy atom. The van der Waals surface area contributed by atoms with Crippen molar-refractivity contribution < 1.29 is 4.74 Å². The van der Waals surface area contributed by atoms with E-state index in [0.29, 0.717) is 5.92 Å². The Hall–Kier alpha value is -1.92. The van der Waals surface area contributed by atoms with E-state index in [4.69, 9.17) is 9.72 Å². The number of aromatic nitrogens is 1. The highest BCUT2D eigenvalue weighted by atomic mass is 32.1. The van der Waals surface area contributed by atoms with Crippen molar-refractivity contribution in [2.45, 2.75) is 19.9 Å². The second kappa shape index (κ2) is 8.45. The quantitative estimate of drug-likeness (QED) is 0.659. The molecule has 1 aromatic carbocycles. The molecular weight excluding hydrogens is 332 g/mol. The zero-order chi connectivity index (χ0) is 17.6. The first-order valence-corrected chi connectivity index (χ1v) is 9.49. The lowest BCUT2D eigenvalue weighted by atomic mass is 10.1. The molecule has 25 heavy (non-hydrogen) atoms. The summed E-state index contributed by atoms with van der Waals surface area (Å²) < 4.78 is 5.28. The number of aliphatic imine (C=N–C) groups is 1. The van der Waals surface area contributed by atoms with Gasteiger partial charge in [0, 0.05) is 43.6 Å². The number of hydrogen-bond donors (Lipinski definition) is 1. The monoisotopic (exact) mass is 358 g/mol. The van der Waals surface area contributed by atoms with Crippen LogP contribution in [0, 0.1) is 12.8 Å².